The second-order valence-corrected chi connectivity index (χ2v) is 4.47. The summed E-state index contributed by atoms with van der Waals surface area (Å²) in [5.41, 5.74) is 0.123. The van der Waals surface area contributed by atoms with Gasteiger partial charge in [-0.15, -0.1) is 0 Å². The summed E-state index contributed by atoms with van der Waals surface area (Å²) in [5, 5.41) is 12.1. The zero-order chi connectivity index (χ0) is 11.8. The van der Waals surface area contributed by atoms with Crippen molar-refractivity contribution in [2.24, 2.45) is 0 Å². The summed E-state index contributed by atoms with van der Waals surface area (Å²) in [5.74, 6) is -0.963. The van der Waals surface area contributed by atoms with Gasteiger partial charge < -0.3 is 10.4 Å². The minimum absolute atomic E-state index is 0.140. The van der Waals surface area contributed by atoms with Crippen molar-refractivity contribution in [3.63, 3.8) is 0 Å². The predicted octanol–water partition coefficient (Wildman–Crippen LogP) is 1.75. The van der Waals surface area contributed by atoms with Crippen molar-refractivity contribution in [3.8, 4) is 0 Å². The molecule has 2 atom stereocenters. The number of benzene rings is 1. The second-order valence-electron chi connectivity index (χ2n) is 4.47. The van der Waals surface area contributed by atoms with E-state index in [1.165, 1.54) is 12.1 Å². The molecule has 0 bridgehead atoms. The molecule has 0 saturated carbocycles. The van der Waals surface area contributed by atoms with Crippen LogP contribution >= 0.6 is 0 Å². The van der Waals surface area contributed by atoms with Gasteiger partial charge in [0.15, 0.2) is 0 Å². The Kier molecular flexibility index (Phi) is 2.68. The van der Waals surface area contributed by atoms with Crippen molar-refractivity contribution < 1.29 is 14.3 Å². The fourth-order valence-electron chi connectivity index (χ4n) is 2.12. The molecule has 1 fully saturated rings. The Morgan fingerprint density at radius 2 is 2.12 bits per heavy atom. The molecule has 0 amide bonds. The third-order valence-corrected chi connectivity index (χ3v) is 3.21. The highest BCUT2D eigenvalue weighted by Gasteiger charge is 2.41. The van der Waals surface area contributed by atoms with Crippen molar-refractivity contribution in [3.05, 3.63) is 35.6 Å². The van der Waals surface area contributed by atoms with Crippen LogP contribution in [0.25, 0.3) is 0 Å². The van der Waals surface area contributed by atoms with E-state index in [4.69, 9.17) is 5.11 Å². The van der Waals surface area contributed by atoms with Crippen LogP contribution in [0.3, 0.4) is 0 Å². The average molecular weight is 223 g/mol. The Morgan fingerprint density at radius 3 is 2.62 bits per heavy atom. The first-order valence-electron chi connectivity index (χ1n) is 5.25. The summed E-state index contributed by atoms with van der Waals surface area (Å²) in [7, 11) is 0. The molecular weight excluding hydrogens is 209 g/mol. The summed E-state index contributed by atoms with van der Waals surface area (Å²) in [6.07, 6.45) is 0.536. The van der Waals surface area contributed by atoms with Gasteiger partial charge in [-0.3, -0.25) is 4.79 Å². The Balaban J connectivity index is 2.15. The van der Waals surface area contributed by atoms with Crippen molar-refractivity contribution in [1.82, 2.24) is 5.32 Å². The number of carboxylic acid groups (broad SMARTS) is 1. The van der Waals surface area contributed by atoms with Gasteiger partial charge in [0, 0.05) is 6.54 Å². The normalized spacial score (nSPS) is 29.2. The molecule has 16 heavy (non-hydrogen) atoms. The van der Waals surface area contributed by atoms with Crippen molar-refractivity contribution >= 4 is 5.97 Å². The molecule has 4 heteroatoms. The van der Waals surface area contributed by atoms with E-state index in [1.807, 2.05) is 0 Å². The maximum absolute atomic E-state index is 12.7. The largest absolute Gasteiger partial charge is 0.480 e. The quantitative estimate of drug-likeness (QED) is 0.803. The molecule has 2 unspecified atom stereocenters. The van der Waals surface area contributed by atoms with E-state index in [1.54, 1.807) is 19.1 Å². The molecule has 0 aliphatic carbocycles. The second kappa shape index (κ2) is 3.87. The molecule has 0 aromatic heterocycles. The molecule has 1 saturated heterocycles. The number of carbonyl (C=O) groups is 1. The smallest absolute Gasteiger partial charge is 0.323 e. The third-order valence-electron chi connectivity index (χ3n) is 3.21. The third kappa shape index (κ3) is 1.93. The van der Waals surface area contributed by atoms with Crippen LogP contribution in [-0.4, -0.2) is 23.2 Å². The summed E-state index contributed by atoms with van der Waals surface area (Å²) in [6.45, 7) is 2.30. The SMILES string of the molecule is CC1(C(=O)O)CC(c2ccc(F)cc2)CN1. The summed E-state index contributed by atoms with van der Waals surface area (Å²) < 4.78 is 12.7. The molecule has 1 aromatic rings. The van der Waals surface area contributed by atoms with Crippen molar-refractivity contribution in [2.75, 3.05) is 6.54 Å². The summed E-state index contributed by atoms with van der Waals surface area (Å²) in [4.78, 5) is 11.0. The van der Waals surface area contributed by atoms with Gasteiger partial charge >= 0.3 is 5.97 Å². The van der Waals surface area contributed by atoms with E-state index in [0.29, 0.717) is 13.0 Å². The number of aliphatic carboxylic acids is 1. The lowest BCUT2D eigenvalue weighted by Crippen LogP contribution is -2.44. The molecule has 1 heterocycles. The number of hydrogen-bond donors (Lipinski definition) is 2. The zero-order valence-corrected chi connectivity index (χ0v) is 9.03. The number of halogens is 1. The standard InChI is InChI=1S/C12H14FNO2/c1-12(11(15)16)6-9(7-14-12)8-2-4-10(13)5-3-8/h2-5,9,14H,6-7H2,1H3,(H,15,16). The van der Waals surface area contributed by atoms with Gasteiger partial charge in [-0.1, -0.05) is 12.1 Å². The average Bonchev–Trinajstić information content (AvgIpc) is 2.63. The molecule has 1 aliphatic rings. The van der Waals surface area contributed by atoms with Crippen LogP contribution in [-0.2, 0) is 4.79 Å². The van der Waals surface area contributed by atoms with Crippen LogP contribution in [0.1, 0.15) is 24.8 Å². The lowest BCUT2D eigenvalue weighted by atomic mass is 9.90. The van der Waals surface area contributed by atoms with E-state index in [0.717, 1.165) is 5.56 Å². The first-order chi connectivity index (χ1) is 7.51. The van der Waals surface area contributed by atoms with Gasteiger partial charge in [-0.05, 0) is 37.0 Å². The van der Waals surface area contributed by atoms with E-state index in [2.05, 4.69) is 5.32 Å². The number of nitrogens with one attached hydrogen (secondary N) is 1. The molecule has 0 spiro atoms. The Morgan fingerprint density at radius 1 is 1.50 bits per heavy atom. The van der Waals surface area contributed by atoms with Gasteiger partial charge in [0.25, 0.3) is 0 Å². The molecule has 1 aliphatic heterocycles. The minimum atomic E-state index is -0.862. The van der Waals surface area contributed by atoms with Gasteiger partial charge in [-0.25, -0.2) is 4.39 Å². The van der Waals surface area contributed by atoms with Crippen molar-refractivity contribution in [2.45, 2.75) is 24.8 Å². The number of carboxylic acids is 1. The Hall–Kier alpha value is -1.42. The Bertz CT molecular complexity index is 404. The number of rotatable bonds is 2. The van der Waals surface area contributed by atoms with Gasteiger partial charge in [0.1, 0.15) is 11.4 Å². The fraction of sp³-hybridized carbons (Fsp3) is 0.417. The van der Waals surface area contributed by atoms with Crippen LogP contribution in [0.4, 0.5) is 4.39 Å². The highest BCUT2D eigenvalue weighted by Crippen LogP contribution is 2.31. The van der Waals surface area contributed by atoms with Gasteiger partial charge in [0.05, 0.1) is 0 Å². The molecular formula is C12H14FNO2. The van der Waals surface area contributed by atoms with E-state index >= 15 is 0 Å². The topological polar surface area (TPSA) is 49.3 Å². The molecule has 86 valence electrons. The van der Waals surface area contributed by atoms with E-state index < -0.39 is 11.5 Å². The van der Waals surface area contributed by atoms with Gasteiger partial charge in [-0.2, -0.15) is 0 Å². The maximum atomic E-state index is 12.7. The lowest BCUT2D eigenvalue weighted by molar-refractivity contribution is -0.143. The van der Waals surface area contributed by atoms with E-state index in [9.17, 15) is 9.18 Å². The van der Waals surface area contributed by atoms with Crippen LogP contribution in [0.5, 0.6) is 0 Å². The highest BCUT2D eigenvalue weighted by molar-refractivity contribution is 5.79. The van der Waals surface area contributed by atoms with Crippen molar-refractivity contribution in [1.29, 1.82) is 0 Å². The number of hydrogen-bond acceptors (Lipinski definition) is 2. The molecule has 2 N–H and O–H groups in total. The molecule has 1 aromatic carbocycles. The van der Waals surface area contributed by atoms with Gasteiger partial charge in [0.2, 0.25) is 0 Å². The molecule has 2 rings (SSSR count). The predicted molar refractivity (Wildman–Crippen MR) is 57.8 cm³/mol. The van der Waals surface area contributed by atoms with E-state index in [-0.39, 0.29) is 11.7 Å². The Labute approximate surface area is 93.3 Å². The summed E-state index contributed by atoms with van der Waals surface area (Å²) in [6, 6.07) is 6.25. The van der Waals surface area contributed by atoms with Crippen LogP contribution < -0.4 is 5.32 Å². The molecule has 3 nitrogen and oxygen atoms in total. The lowest BCUT2D eigenvalue weighted by Gasteiger charge is -2.18. The zero-order valence-electron chi connectivity index (χ0n) is 9.03. The fourth-order valence-corrected chi connectivity index (χ4v) is 2.12. The minimum Gasteiger partial charge on any atom is -0.480 e. The first-order valence-corrected chi connectivity index (χ1v) is 5.25. The maximum Gasteiger partial charge on any atom is 0.323 e. The van der Waals surface area contributed by atoms with Crippen LogP contribution in [0, 0.1) is 5.82 Å². The highest BCUT2D eigenvalue weighted by atomic mass is 19.1. The van der Waals surface area contributed by atoms with Crippen LogP contribution in [0.2, 0.25) is 0 Å². The monoisotopic (exact) mass is 223 g/mol. The molecule has 0 radical (unpaired) electrons. The first kappa shape index (κ1) is 11.1. The summed E-state index contributed by atoms with van der Waals surface area (Å²) >= 11 is 0. The van der Waals surface area contributed by atoms with Crippen LogP contribution in [0.15, 0.2) is 24.3 Å².